The Morgan fingerprint density at radius 1 is 1.14 bits per heavy atom. The Bertz CT molecular complexity index is 611. The molecule has 2 bridgehead atoms. The van der Waals surface area contributed by atoms with Crippen molar-refractivity contribution in [3.8, 4) is 0 Å². The van der Waals surface area contributed by atoms with E-state index < -0.39 is 11.8 Å². The molecule has 110 valence electrons. The smallest absolute Gasteiger partial charge is 0.242 e. The van der Waals surface area contributed by atoms with Gasteiger partial charge in [0.15, 0.2) is 17.5 Å². The fraction of sp³-hybridized carbons (Fsp3) is 0.438. The molecular weight excluding hydrogens is 290 g/mol. The van der Waals surface area contributed by atoms with Crippen LogP contribution in [0.3, 0.4) is 0 Å². The fourth-order valence-electron chi connectivity index (χ4n) is 3.44. The number of carbonyl (C=O) groups is 3. The van der Waals surface area contributed by atoms with Gasteiger partial charge in [-0.3, -0.25) is 14.4 Å². The Labute approximate surface area is 127 Å². The molecule has 3 fully saturated rings. The van der Waals surface area contributed by atoms with Gasteiger partial charge in [0.25, 0.3) is 0 Å². The molecule has 1 N–H and O–H groups in total. The molecule has 0 heterocycles. The molecule has 2 unspecified atom stereocenters. The number of hydrogen-bond donors (Lipinski definition) is 1. The van der Waals surface area contributed by atoms with Crippen LogP contribution in [0.5, 0.6) is 0 Å². The number of carbonyl (C=O) groups excluding carboxylic acids is 3. The van der Waals surface area contributed by atoms with Crippen molar-refractivity contribution in [3.63, 3.8) is 0 Å². The van der Waals surface area contributed by atoms with Crippen molar-refractivity contribution < 1.29 is 14.4 Å². The van der Waals surface area contributed by atoms with Crippen molar-refractivity contribution in [2.75, 3.05) is 5.32 Å². The second kappa shape index (κ2) is 4.67. The third-order valence-electron chi connectivity index (χ3n) is 4.90. The number of rotatable bonds is 2. The largest absolute Gasteiger partial charge is 0.325 e. The summed E-state index contributed by atoms with van der Waals surface area (Å²) >= 11 is 5.78. The summed E-state index contributed by atoms with van der Waals surface area (Å²) in [6.45, 7) is 3.85. The highest BCUT2D eigenvalue weighted by Gasteiger charge is 2.63. The molecular formula is C16H16ClNO3. The van der Waals surface area contributed by atoms with Crippen LogP contribution in [-0.4, -0.2) is 17.5 Å². The van der Waals surface area contributed by atoms with Crippen molar-refractivity contribution in [1.29, 1.82) is 0 Å². The Kier molecular flexibility index (Phi) is 3.17. The summed E-state index contributed by atoms with van der Waals surface area (Å²) in [5.74, 6) is -2.52. The molecule has 2 atom stereocenters. The van der Waals surface area contributed by atoms with Crippen LogP contribution >= 0.6 is 11.6 Å². The van der Waals surface area contributed by atoms with Gasteiger partial charge in [-0.1, -0.05) is 25.4 Å². The summed E-state index contributed by atoms with van der Waals surface area (Å²) in [6, 6.07) is 6.57. The van der Waals surface area contributed by atoms with Crippen LogP contribution in [0.4, 0.5) is 5.69 Å². The third-order valence-corrected chi connectivity index (χ3v) is 5.15. The monoisotopic (exact) mass is 305 g/mol. The predicted molar refractivity (Wildman–Crippen MR) is 79.0 cm³/mol. The number of nitrogens with one attached hydrogen (secondary N) is 1. The van der Waals surface area contributed by atoms with E-state index in [1.54, 1.807) is 24.3 Å². The normalized spacial score (nSPS) is 29.8. The van der Waals surface area contributed by atoms with Crippen LogP contribution in [0.1, 0.15) is 20.3 Å². The van der Waals surface area contributed by atoms with Crippen molar-refractivity contribution in [3.05, 3.63) is 29.3 Å². The van der Waals surface area contributed by atoms with E-state index in [1.165, 1.54) is 0 Å². The van der Waals surface area contributed by atoms with Gasteiger partial charge in [-0.05, 0) is 36.1 Å². The zero-order chi connectivity index (χ0) is 15.4. The van der Waals surface area contributed by atoms with Crippen LogP contribution in [0.2, 0.25) is 5.02 Å². The van der Waals surface area contributed by atoms with E-state index in [0.717, 1.165) is 0 Å². The molecule has 1 aromatic carbocycles. The number of ketones is 2. The highest BCUT2D eigenvalue weighted by Crippen LogP contribution is 2.57. The number of Topliss-reactive ketones (excluding diaryl/α,β-unsaturated/α-hetero) is 2. The SMILES string of the molecule is CC1(C)C2CC1C(=O)C(C(=O)Nc1ccc(Cl)cc1)C2=O. The molecule has 0 aromatic heterocycles. The first kappa shape index (κ1) is 14.3. The lowest BCUT2D eigenvalue weighted by atomic mass is 9.45. The minimum Gasteiger partial charge on any atom is -0.325 e. The lowest BCUT2D eigenvalue weighted by molar-refractivity contribution is -0.169. The Morgan fingerprint density at radius 3 is 2.14 bits per heavy atom. The zero-order valence-corrected chi connectivity index (χ0v) is 12.6. The van der Waals surface area contributed by atoms with E-state index in [4.69, 9.17) is 11.6 Å². The Balaban J connectivity index is 1.78. The van der Waals surface area contributed by atoms with E-state index >= 15 is 0 Å². The number of fused-ring (bicyclic) bond motifs is 2. The number of benzene rings is 1. The minimum absolute atomic E-state index is 0.179. The van der Waals surface area contributed by atoms with Gasteiger partial charge in [-0.2, -0.15) is 0 Å². The maximum absolute atomic E-state index is 12.4. The summed E-state index contributed by atoms with van der Waals surface area (Å²) in [7, 11) is 0. The standard InChI is InChI=1S/C16H16ClNO3/c1-16(2)10-7-11(16)14(20)12(13(10)19)15(21)18-9-5-3-8(17)4-6-9/h3-6,10-12H,7H2,1-2H3,(H,18,21). The highest BCUT2D eigenvalue weighted by atomic mass is 35.5. The first-order valence-electron chi connectivity index (χ1n) is 6.96. The third kappa shape index (κ3) is 2.09. The second-order valence-corrected chi connectivity index (χ2v) is 6.83. The van der Waals surface area contributed by atoms with E-state index in [2.05, 4.69) is 5.32 Å². The fourth-order valence-corrected chi connectivity index (χ4v) is 3.57. The molecule has 1 aromatic rings. The average molecular weight is 306 g/mol. The van der Waals surface area contributed by atoms with Gasteiger partial charge in [0, 0.05) is 22.5 Å². The maximum atomic E-state index is 12.4. The number of halogens is 1. The lowest BCUT2D eigenvalue weighted by Gasteiger charge is -2.55. The van der Waals surface area contributed by atoms with Crippen molar-refractivity contribution in [1.82, 2.24) is 0 Å². The van der Waals surface area contributed by atoms with E-state index in [9.17, 15) is 14.4 Å². The molecule has 0 spiro atoms. The molecule has 4 rings (SSSR count). The molecule has 0 aliphatic heterocycles. The van der Waals surface area contributed by atoms with Crippen LogP contribution < -0.4 is 5.32 Å². The van der Waals surface area contributed by atoms with Gasteiger partial charge in [-0.25, -0.2) is 0 Å². The number of anilines is 1. The molecule has 21 heavy (non-hydrogen) atoms. The van der Waals surface area contributed by atoms with Crippen molar-refractivity contribution in [2.24, 2.45) is 23.2 Å². The van der Waals surface area contributed by atoms with Gasteiger partial charge >= 0.3 is 0 Å². The van der Waals surface area contributed by atoms with Crippen LogP contribution in [-0.2, 0) is 14.4 Å². The lowest BCUT2D eigenvalue weighted by Crippen LogP contribution is -2.63. The summed E-state index contributed by atoms with van der Waals surface area (Å²) in [4.78, 5) is 37.0. The van der Waals surface area contributed by atoms with Crippen molar-refractivity contribution >= 4 is 34.8 Å². The molecule has 4 nitrogen and oxygen atoms in total. The van der Waals surface area contributed by atoms with E-state index in [-0.39, 0.29) is 28.8 Å². The van der Waals surface area contributed by atoms with Gasteiger partial charge in [-0.15, -0.1) is 0 Å². The van der Waals surface area contributed by atoms with Crippen LogP contribution in [0.15, 0.2) is 24.3 Å². The quantitative estimate of drug-likeness (QED) is 0.855. The molecule has 5 heteroatoms. The maximum Gasteiger partial charge on any atom is 0.242 e. The number of hydrogen-bond acceptors (Lipinski definition) is 3. The van der Waals surface area contributed by atoms with Crippen LogP contribution in [0.25, 0.3) is 0 Å². The Morgan fingerprint density at radius 2 is 1.67 bits per heavy atom. The summed E-state index contributed by atoms with van der Waals surface area (Å²) < 4.78 is 0. The van der Waals surface area contributed by atoms with Gasteiger partial charge in [0.2, 0.25) is 5.91 Å². The van der Waals surface area contributed by atoms with Crippen molar-refractivity contribution in [2.45, 2.75) is 20.3 Å². The number of amides is 1. The summed E-state index contributed by atoms with van der Waals surface area (Å²) in [6.07, 6.45) is 0.593. The molecule has 3 aliphatic carbocycles. The minimum atomic E-state index is -1.16. The van der Waals surface area contributed by atoms with Crippen LogP contribution in [0, 0.1) is 23.2 Å². The first-order valence-corrected chi connectivity index (χ1v) is 7.34. The molecule has 1 amide bonds. The van der Waals surface area contributed by atoms with Gasteiger partial charge in [0.05, 0.1) is 0 Å². The second-order valence-electron chi connectivity index (χ2n) is 6.40. The van der Waals surface area contributed by atoms with Gasteiger partial charge in [0.1, 0.15) is 0 Å². The zero-order valence-electron chi connectivity index (χ0n) is 11.9. The predicted octanol–water partition coefficient (Wildman–Crippen LogP) is 2.71. The molecule has 3 aliphatic rings. The van der Waals surface area contributed by atoms with E-state index in [1.807, 2.05) is 13.8 Å². The molecule has 3 saturated carbocycles. The first-order chi connectivity index (χ1) is 9.82. The topological polar surface area (TPSA) is 63.2 Å². The van der Waals surface area contributed by atoms with E-state index in [0.29, 0.717) is 17.1 Å². The molecule has 0 radical (unpaired) electrons. The highest BCUT2D eigenvalue weighted by molar-refractivity contribution is 6.30. The average Bonchev–Trinajstić information content (AvgIpc) is 2.40. The summed E-state index contributed by atoms with van der Waals surface area (Å²) in [5, 5.41) is 3.19. The Hall–Kier alpha value is -1.68. The van der Waals surface area contributed by atoms with Gasteiger partial charge < -0.3 is 5.32 Å². The summed E-state index contributed by atoms with van der Waals surface area (Å²) in [5.41, 5.74) is 0.231. The molecule has 0 saturated heterocycles.